The number of hydrogen-bond donors (Lipinski definition) is 0. The molecular formula is C61H59BN2. The molecule has 11 rings (SSSR count). The summed E-state index contributed by atoms with van der Waals surface area (Å²) >= 11 is 0. The number of anilines is 5. The normalized spacial score (nSPS) is 14.8. The van der Waals surface area contributed by atoms with E-state index in [-0.39, 0.29) is 28.5 Å². The average molecular weight is 831 g/mol. The molecule has 0 fully saturated rings. The first-order valence-electron chi connectivity index (χ1n) is 23.3. The first-order chi connectivity index (χ1) is 30.4. The Morgan fingerprint density at radius 3 is 1.80 bits per heavy atom. The second-order valence-corrected chi connectivity index (χ2v) is 22.2. The van der Waals surface area contributed by atoms with Crippen LogP contribution in [0.25, 0.3) is 44.2 Å². The van der Waals surface area contributed by atoms with E-state index in [0.717, 1.165) is 0 Å². The molecule has 0 aromatic heterocycles. The van der Waals surface area contributed by atoms with Gasteiger partial charge in [-0.2, -0.15) is 0 Å². The van der Waals surface area contributed by atoms with Crippen LogP contribution in [0.2, 0.25) is 0 Å². The molecule has 0 amide bonds. The average Bonchev–Trinajstić information content (AvgIpc) is 3.51. The minimum Gasteiger partial charge on any atom is -0.376 e. The van der Waals surface area contributed by atoms with Crippen molar-refractivity contribution in [3.8, 4) is 33.4 Å². The zero-order valence-electron chi connectivity index (χ0n) is 39.5. The Labute approximate surface area is 381 Å². The minimum absolute atomic E-state index is 0.0292. The lowest BCUT2D eigenvalue weighted by atomic mass is 9.42. The molecule has 0 saturated heterocycles. The molecule has 1 aliphatic carbocycles. The molecule has 64 heavy (non-hydrogen) atoms. The van der Waals surface area contributed by atoms with E-state index in [0.29, 0.717) is 0 Å². The van der Waals surface area contributed by atoms with Crippen molar-refractivity contribution in [2.75, 3.05) is 9.71 Å². The summed E-state index contributed by atoms with van der Waals surface area (Å²) in [5.41, 5.74) is 23.1. The Balaban J connectivity index is 1.33. The summed E-state index contributed by atoms with van der Waals surface area (Å²) in [6.07, 6.45) is 0. The van der Waals surface area contributed by atoms with Gasteiger partial charge in [-0.15, -0.1) is 0 Å². The van der Waals surface area contributed by atoms with Crippen molar-refractivity contribution >= 4 is 57.0 Å². The molecule has 2 aliphatic heterocycles. The number of nitrogens with zero attached hydrogens (tertiary/aromatic N) is 2. The van der Waals surface area contributed by atoms with Gasteiger partial charge in [0.15, 0.2) is 0 Å². The van der Waals surface area contributed by atoms with Gasteiger partial charge < -0.3 is 9.71 Å². The predicted molar refractivity (Wildman–Crippen MR) is 277 cm³/mol. The molecule has 0 saturated carbocycles. The van der Waals surface area contributed by atoms with E-state index in [1.165, 1.54) is 111 Å². The monoisotopic (exact) mass is 830 g/mol. The molecule has 0 atom stereocenters. The van der Waals surface area contributed by atoms with E-state index in [1.54, 1.807) is 0 Å². The summed E-state index contributed by atoms with van der Waals surface area (Å²) in [6.45, 7) is 25.7. The van der Waals surface area contributed by atoms with Gasteiger partial charge in [0.1, 0.15) is 0 Å². The van der Waals surface area contributed by atoms with Crippen LogP contribution in [-0.2, 0) is 21.7 Å². The molecule has 2 heterocycles. The predicted octanol–water partition coefficient (Wildman–Crippen LogP) is 15.4. The summed E-state index contributed by atoms with van der Waals surface area (Å²) in [4.78, 5) is 5.41. The van der Waals surface area contributed by atoms with Gasteiger partial charge in [0.2, 0.25) is 0 Å². The molecular weight excluding hydrogens is 771 g/mol. The minimum atomic E-state index is -0.268. The van der Waals surface area contributed by atoms with Gasteiger partial charge in [-0.25, -0.2) is 0 Å². The van der Waals surface area contributed by atoms with Gasteiger partial charge in [-0.3, -0.25) is 0 Å². The highest BCUT2D eigenvalue weighted by Crippen LogP contribution is 2.58. The summed E-state index contributed by atoms with van der Waals surface area (Å²) in [5.74, 6) is 0. The fourth-order valence-corrected chi connectivity index (χ4v) is 11.2. The van der Waals surface area contributed by atoms with Crippen molar-refractivity contribution < 1.29 is 0 Å². The Kier molecular flexibility index (Phi) is 8.75. The van der Waals surface area contributed by atoms with Crippen molar-refractivity contribution in [3.63, 3.8) is 0 Å². The summed E-state index contributed by atoms with van der Waals surface area (Å²) in [7, 11) is 0. The standard InChI is InChI=1S/C61H59BN2/c1-58(2,3)40-25-29-43(30-26-40)64-52-37-42(60(7,8)9)27-31-47(52)54-44-22-16-15-21-39(44)35-53-56(54)62(64)50-33-32-46-45-23-17-18-24-49(45)61(10,11)55(46)57(50)63(53)51-34-28-41(59(4,5)6)36-48(51)38-19-13-12-14-20-38/h12-37H,1-11H3. The molecule has 0 bridgehead atoms. The molecule has 3 heteroatoms. The smallest absolute Gasteiger partial charge is 0.333 e. The third-order valence-corrected chi connectivity index (χ3v) is 14.7. The fourth-order valence-electron chi connectivity index (χ4n) is 11.2. The van der Waals surface area contributed by atoms with Crippen molar-refractivity contribution in [2.24, 2.45) is 0 Å². The van der Waals surface area contributed by atoms with E-state index in [2.05, 4.69) is 244 Å². The SMILES string of the molecule is CC(C)(C)c1ccc(N2B3c4ccc5c(c4N(c4ccc(C(C)(C)C)cc4-c4ccccc4)c4cc6ccccc6c(c43)-c3ccc(C(C)(C)C)cc32)C(C)(C)c2ccccc2-5)cc1. The second-order valence-electron chi connectivity index (χ2n) is 22.2. The van der Waals surface area contributed by atoms with Gasteiger partial charge in [0.05, 0.1) is 5.69 Å². The van der Waals surface area contributed by atoms with Gasteiger partial charge in [0, 0.05) is 39.3 Å². The maximum absolute atomic E-state index is 2.70. The van der Waals surface area contributed by atoms with Crippen LogP contribution in [0.5, 0.6) is 0 Å². The van der Waals surface area contributed by atoms with Crippen molar-refractivity contribution in [3.05, 3.63) is 186 Å². The Hall–Kier alpha value is -6.32. The third-order valence-electron chi connectivity index (χ3n) is 14.7. The Bertz CT molecular complexity index is 3190. The maximum Gasteiger partial charge on any atom is 0.333 e. The molecule has 8 aromatic carbocycles. The molecule has 0 N–H and O–H groups in total. The van der Waals surface area contributed by atoms with Crippen LogP contribution in [0.15, 0.2) is 158 Å². The van der Waals surface area contributed by atoms with E-state index in [4.69, 9.17) is 0 Å². The summed E-state index contributed by atoms with van der Waals surface area (Å²) in [5, 5.41) is 2.54. The number of hydrogen-bond acceptors (Lipinski definition) is 2. The van der Waals surface area contributed by atoms with Crippen LogP contribution in [0.1, 0.15) is 104 Å². The molecule has 0 spiro atoms. The van der Waals surface area contributed by atoms with E-state index >= 15 is 0 Å². The molecule has 2 nitrogen and oxygen atoms in total. The van der Waals surface area contributed by atoms with E-state index < -0.39 is 0 Å². The van der Waals surface area contributed by atoms with Gasteiger partial charge in [0.25, 0.3) is 0 Å². The van der Waals surface area contributed by atoms with Crippen LogP contribution in [0.4, 0.5) is 28.4 Å². The lowest BCUT2D eigenvalue weighted by molar-refractivity contribution is 0.590. The Morgan fingerprint density at radius 2 is 1.08 bits per heavy atom. The van der Waals surface area contributed by atoms with E-state index in [1.807, 2.05) is 0 Å². The van der Waals surface area contributed by atoms with Crippen LogP contribution in [0.3, 0.4) is 0 Å². The van der Waals surface area contributed by atoms with Gasteiger partial charge >= 0.3 is 6.85 Å². The first kappa shape index (κ1) is 40.5. The molecule has 0 unspecified atom stereocenters. The van der Waals surface area contributed by atoms with Gasteiger partial charge in [-0.1, -0.05) is 197 Å². The van der Waals surface area contributed by atoms with Crippen LogP contribution in [0, 0.1) is 0 Å². The molecule has 3 aliphatic rings. The second kappa shape index (κ2) is 13.8. The Morgan fingerprint density at radius 1 is 0.469 bits per heavy atom. The van der Waals surface area contributed by atoms with Crippen LogP contribution in [-0.4, -0.2) is 6.85 Å². The van der Waals surface area contributed by atoms with E-state index in [9.17, 15) is 0 Å². The lowest BCUT2D eigenvalue weighted by Crippen LogP contribution is -2.62. The highest BCUT2D eigenvalue weighted by molar-refractivity contribution is 6.94. The van der Waals surface area contributed by atoms with Crippen molar-refractivity contribution in [1.29, 1.82) is 0 Å². The first-order valence-corrected chi connectivity index (χ1v) is 23.3. The van der Waals surface area contributed by atoms with Crippen molar-refractivity contribution in [1.82, 2.24) is 0 Å². The summed E-state index contributed by atoms with van der Waals surface area (Å²) in [6, 6.07) is 60.9. The maximum atomic E-state index is 2.70. The highest BCUT2D eigenvalue weighted by Gasteiger charge is 2.50. The number of benzene rings is 8. The highest BCUT2D eigenvalue weighted by atomic mass is 15.2. The number of fused-ring (bicyclic) bond motifs is 10. The van der Waals surface area contributed by atoms with Crippen LogP contribution >= 0.6 is 0 Å². The van der Waals surface area contributed by atoms with Crippen LogP contribution < -0.4 is 20.6 Å². The molecule has 0 radical (unpaired) electrons. The molecule has 8 aromatic rings. The zero-order chi connectivity index (χ0) is 44.7. The summed E-state index contributed by atoms with van der Waals surface area (Å²) < 4.78 is 0. The third kappa shape index (κ3) is 5.99. The zero-order valence-corrected chi connectivity index (χ0v) is 39.5. The van der Waals surface area contributed by atoms with Crippen molar-refractivity contribution in [2.45, 2.75) is 97.8 Å². The fraction of sp³-hybridized carbons (Fsp3) is 0.246. The largest absolute Gasteiger partial charge is 0.376 e. The lowest BCUT2D eigenvalue weighted by Gasteiger charge is -2.48. The molecule has 316 valence electrons. The topological polar surface area (TPSA) is 6.48 Å². The quantitative estimate of drug-likeness (QED) is 0.164. The number of rotatable bonds is 3. The van der Waals surface area contributed by atoms with Gasteiger partial charge in [-0.05, 0) is 124 Å².